The summed E-state index contributed by atoms with van der Waals surface area (Å²) < 4.78 is 40.8. The standard InChI is InChI=1S/C21H21FN2O3S/c1-3-24(4-2)28(26,27)20-14-16(12-13-18(20)22)21(25)23-19-11-7-9-15-8-5-6-10-17(15)19/h5-14H,3-4H2,1-2H3,(H,23,25). The van der Waals surface area contributed by atoms with Crippen molar-refractivity contribution in [2.24, 2.45) is 0 Å². The Balaban J connectivity index is 1.97. The molecule has 0 aromatic heterocycles. The summed E-state index contributed by atoms with van der Waals surface area (Å²) >= 11 is 0. The molecule has 0 aliphatic carbocycles. The largest absolute Gasteiger partial charge is 0.321 e. The van der Waals surface area contributed by atoms with Crippen molar-refractivity contribution in [1.82, 2.24) is 4.31 Å². The van der Waals surface area contributed by atoms with Crippen molar-refractivity contribution in [2.45, 2.75) is 18.7 Å². The number of amides is 1. The van der Waals surface area contributed by atoms with E-state index in [9.17, 15) is 17.6 Å². The van der Waals surface area contributed by atoms with Gasteiger partial charge in [0, 0.05) is 29.7 Å². The van der Waals surface area contributed by atoms with Crippen LogP contribution in [0.3, 0.4) is 0 Å². The Morgan fingerprint density at radius 2 is 1.68 bits per heavy atom. The third-order valence-electron chi connectivity index (χ3n) is 4.55. The Hall–Kier alpha value is -2.77. The summed E-state index contributed by atoms with van der Waals surface area (Å²) in [6.07, 6.45) is 0. The molecule has 0 bridgehead atoms. The number of hydrogen-bond acceptors (Lipinski definition) is 3. The van der Waals surface area contributed by atoms with Crippen LogP contribution in [0.25, 0.3) is 10.8 Å². The van der Waals surface area contributed by atoms with Gasteiger partial charge in [-0.25, -0.2) is 12.8 Å². The normalized spacial score (nSPS) is 11.7. The van der Waals surface area contributed by atoms with Crippen LogP contribution in [0.15, 0.2) is 65.6 Å². The maximum absolute atomic E-state index is 14.3. The highest BCUT2D eigenvalue weighted by molar-refractivity contribution is 7.89. The highest BCUT2D eigenvalue weighted by atomic mass is 32.2. The number of sulfonamides is 1. The summed E-state index contributed by atoms with van der Waals surface area (Å²) in [5, 5.41) is 4.61. The molecule has 7 heteroatoms. The van der Waals surface area contributed by atoms with Gasteiger partial charge >= 0.3 is 0 Å². The molecule has 0 unspecified atom stereocenters. The maximum atomic E-state index is 14.3. The van der Waals surface area contributed by atoms with Crippen LogP contribution in [0, 0.1) is 5.82 Å². The van der Waals surface area contributed by atoms with Gasteiger partial charge in [0.25, 0.3) is 5.91 Å². The van der Waals surface area contributed by atoms with Crippen LogP contribution in [-0.4, -0.2) is 31.7 Å². The van der Waals surface area contributed by atoms with Crippen LogP contribution in [-0.2, 0) is 10.0 Å². The van der Waals surface area contributed by atoms with E-state index in [0.717, 1.165) is 27.2 Å². The predicted octanol–water partition coefficient (Wildman–Crippen LogP) is 4.26. The van der Waals surface area contributed by atoms with Crippen molar-refractivity contribution in [3.05, 3.63) is 72.0 Å². The van der Waals surface area contributed by atoms with Gasteiger partial charge in [0.1, 0.15) is 10.7 Å². The summed E-state index contributed by atoms with van der Waals surface area (Å²) in [6, 6.07) is 16.5. The molecule has 3 aromatic rings. The number of nitrogens with zero attached hydrogens (tertiary/aromatic N) is 1. The Kier molecular flexibility index (Phi) is 5.76. The van der Waals surface area contributed by atoms with Crippen molar-refractivity contribution in [3.63, 3.8) is 0 Å². The molecule has 0 atom stereocenters. The molecule has 0 saturated carbocycles. The summed E-state index contributed by atoms with van der Waals surface area (Å²) in [5.74, 6) is -1.39. The van der Waals surface area contributed by atoms with E-state index in [0.29, 0.717) is 5.69 Å². The molecular weight excluding hydrogens is 379 g/mol. The first-order valence-corrected chi connectivity index (χ1v) is 10.4. The van der Waals surface area contributed by atoms with E-state index < -0.39 is 26.6 Å². The van der Waals surface area contributed by atoms with E-state index in [1.165, 1.54) is 6.07 Å². The van der Waals surface area contributed by atoms with Crippen molar-refractivity contribution < 1.29 is 17.6 Å². The van der Waals surface area contributed by atoms with Gasteiger partial charge in [-0.2, -0.15) is 4.31 Å². The second-order valence-corrected chi connectivity index (χ2v) is 8.12. The zero-order valence-corrected chi connectivity index (χ0v) is 16.5. The minimum Gasteiger partial charge on any atom is -0.321 e. The first-order valence-electron chi connectivity index (χ1n) is 8.97. The lowest BCUT2D eigenvalue weighted by Crippen LogP contribution is -2.31. The van der Waals surface area contributed by atoms with E-state index in [1.807, 2.05) is 36.4 Å². The molecule has 0 heterocycles. The fourth-order valence-electron chi connectivity index (χ4n) is 3.07. The second kappa shape index (κ2) is 8.08. The SMILES string of the molecule is CCN(CC)S(=O)(=O)c1cc(C(=O)Nc2cccc3ccccc23)ccc1F. The van der Waals surface area contributed by atoms with Gasteiger partial charge < -0.3 is 5.32 Å². The van der Waals surface area contributed by atoms with E-state index in [-0.39, 0.29) is 18.7 Å². The minimum absolute atomic E-state index is 0.0695. The molecule has 0 saturated heterocycles. The number of halogens is 1. The zero-order chi connectivity index (χ0) is 20.3. The van der Waals surface area contributed by atoms with E-state index in [2.05, 4.69) is 5.32 Å². The number of fused-ring (bicyclic) bond motifs is 1. The van der Waals surface area contributed by atoms with Gasteiger partial charge in [-0.15, -0.1) is 0 Å². The molecule has 0 radical (unpaired) electrons. The number of rotatable bonds is 6. The predicted molar refractivity (Wildman–Crippen MR) is 108 cm³/mol. The van der Waals surface area contributed by atoms with Gasteiger partial charge in [-0.3, -0.25) is 4.79 Å². The fourth-order valence-corrected chi connectivity index (χ4v) is 4.62. The molecule has 5 nitrogen and oxygen atoms in total. The Morgan fingerprint density at radius 1 is 1.00 bits per heavy atom. The lowest BCUT2D eigenvalue weighted by atomic mass is 10.1. The monoisotopic (exact) mass is 400 g/mol. The average molecular weight is 400 g/mol. The second-order valence-electron chi connectivity index (χ2n) is 6.22. The first-order chi connectivity index (χ1) is 13.4. The van der Waals surface area contributed by atoms with Crippen molar-refractivity contribution >= 4 is 32.4 Å². The molecule has 1 amide bonds. The number of benzene rings is 3. The van der Waals surface area contributed by atoms with Crippen LogP contribution in [0.4, 0.5) is 10.1 Å². The third-order valence-corrected chi connectivity index (χ3v) is 6.62. The highest BCUT2D eigenvalue weighted by Crippen LogP contribution is 2.25. The summed E-state index contributed by atoms with van der Waals surface area (Å²) in [6.45, 7) is 3.78. The minimum atomic E-state index is -4.02. The molecule has 3 rings (SSSR count). The van der Waals surface area contributed by atoms with Gasteiger partial charge in [0.05, 0.1) is 0 Å². The van der Waals surface area contributed by atoms with E-state index in [4.69, 9.17) is 0 Å². The maximum Gasteiger partial charge on any atom is 0.255 e. The third kappa shape index (κ3) is 3.76. The molecular formula is C21H21FN2O3S. The molecule has 146 valence electrons. The molecule has 1 N–H and O–H groups in total. The summed E-state index contributed by atoms with van der Waals surface area (Å²) in [7, 11) is -4.02. The van der Waals surface area contributed by atoms with Crippen molar-refractivity contribution in [1.29, 1.82) is 0 Å². The molecule has 3 aromatic carbocycles. The number of anilines is 1. The van der Waals surface area contributed by atoms with Crippen LogP contribution < -0.4 is 5.32 Å². The van der Waals surface area contributed by atoms with Gasteiger partial charge in [0.2, 0.25) is 10.0 Å². The Morgan fingerprint density at radius 3 is 2.39 bits per heavy atom. The van der Waals surface area contributed by atoms with Gasteiger partial charge in [-0.1, -0.05) is 50.2 Å². The molecule has 28 heavy (non-hydrogen) atoms. The first kappa shape index (κ1) is 20.0. The fraction of sp³-hybridized carbons (Fsp3) is 0.190. The topological polar surface area (TPSA) is 66.5 Å². The molecule has 0 fully saturated rings. The zero-order valence-electron chi connectivity index (χ0n) is 15.6. The van der Waals surface area contributed by atoms with Crippen LogP contribution in [0.2, 0.25) is 0 Å². The van der Waals surface area contributed by atoms with Crippen molar-refractivity contribution in [2.75, 3.05) is 18.4 Å². The van der Waals surface area contributed by atoms with E-state index in [1.54, 1.807) is 19.9 Å². The number of hydrogen-bond donors (Lipinski definition) is 1. The van der Waals surface area contributed by atoms with E-state index >= 15 is 0 Å². The average Bonchev–Trinajstić information content (AvgIpc) is 2.69. The summed E-state index contributed by atoms with van der Waals surface area (Å²) in [5.41, 5.74) is 0.667. The van der Waals surface area contributed by atoms with Crippen LogP contribution >= 0.6 is 0 Å². The van der Waals surface area contributed by atoms with Gasteiger partial charge in [0.15, 0.2) is 0 Å². The lowest BCUT2D eigenvalue weighted by Gasteiger charge is -2.19. The molecule has 0 aliphatic rings. The summed E-state index contributed by atoms with van der Waals surface area (Å²) in [4.78, 5) is 12.2. The van der Waals surface area contributed by atoms with Crippen molar-refractivity contribution in [3.8, 4) is 0 Å². The molecule has 0 spiro atoms. The number of carbonyl (C=O) groups is 1. The molecule has 0 aliphatic heterocycles. The number of carbonyl (C=O) groups excluding carboxylic acids is 1. The lowest BCUT2D eigenvalue weighted by molar-refractivity contribution is 0.102. The quantitative estimate of drug-likeness (QED) is 0.672. The van der Waals surface area contributed by atoms with Crippen LogP contribution in [0.1, 0.15) is 24.2 Å². The van der Waals surface area contributed by atoms with Crippen LogP contribution in [0.5, 0.6) is 0 Å². The number of nitrogens with one attached hydrogen (secondary N) is 1. The highest BCUT2D eigenvalue weighted by Gasteiger charge is 2.26. The van der Waals surface area contributed by atoms with Gasteiger partial charge in [-0.05, 0) is 29.7 Å². The smallest absolute Gasteiger partial charge is 0.255 e. The Bertz CT molecular complexity index is 1120. The Labute approximate surface area is 163 Å².